The predicted octanol–water partition coefficient (Wildman–Crippen LogP) is 8.25. The first kappa shape index (κ1) is 35.3. The van der Waals surface area contributed by atoms with Gasteiger partial charge in [-0.1, -0.05) is 135 Å². The fourth-order valence-electron chi connectivity index (χ4n) is 5.96. The molecule has 0 aliphatic rings. The Labute approximate surface area is 249 Å². The van der Waals surface area contributed by atoms with Crippen molar-refractivity contribution in [2.75, 3.05) is 13.1 Å². The maximum absolute atomic E-state index is 12.6. The van der Waals surface area contributed by atoms with Crippen LogP contribution >= 0.6 is 0 Å². The molecular formula is C35H60N2O4. The smallest absolute Gasteiger partial charge is 0.321 e. The second-order valence-electron chi connectivity index (χ2n) is 12.2. The number of carboxylic acids is 1. The van der Waals surface area contributed by atoms with Gasteiger partial charge in [-0.3, -0.25) is 9.69 Å². The number of rotatable bonds is 26. The molecule has 2 rings (SSSR count). The molecule has 0 aliphatic carbocycles. The van der Waals surface area contributed by atoms with Gasteiger partial charge < -0.3 is 20.3 Å². The molecule has 6 nitrogen and oxygen atoms in total. The molecule has 0 saturated heterocycles. The Kier molecular flexibility index (Phi) is 18.7. The summed E-state index contributed by atoms with van der Waals surface area (Å²) in [6, 6.07) is 7.13. The summed E-state index contributed by atoms with van der Waals surface area (Å²) >= 11 is 0. The summed E-state index contributed by atoms with van der Waals surface area (Å²) in [6.07, 6.45) is 21.6. The fourth-order valence-corrected chi connectivity index (χ4v) is 5.96. The molecule has 1 heterocycles. The summed E-state index contributed by atoms with van der Waals surface area (Å²) in [7, 11) is 0. The van der Waals surface area contributed by atoms with Gasteiger partial charge in [0.15, 0.2) is 0 Å². The molecule has 1 aromatic carbocycles. The Morgan fingerprint density at radius 1 is 0.732 bits per heavy atom. The van der Waals surface area contributed by atoms with Gasteiger partial charge in [-0.15, -0.1) is 0 Å². The molecule has 0 radical (unpaired) electrons. The maximum atomic E-state index is 12.6. The van der Waals surface area contributed by atoms with Crippen molar-refractivity contribution in [3.63, 3.8) is 0 Å². The van der Waals surface area contributed by atoms with Crippen molar-refractivity contribution in [3.8, 4) is 0 Å². The van der Waals surface area contributed by atoms with Crippen LogP contribution in [0, 0.1) is 0 Å². The van der Waals surface area contributed by atoms with Crippen molar-refractivity contribution in [1.29, 1.82) is 0 Å². The van der Waals surface area contributed by atoms with Crippen LogP contribution in [0.2, 0.25) is 0 Å². The van der Waals surface area contributed by atoms with Gasteiger partial charge in [-0.05, 0) is 24.5 Å². The normalized spacial score (nSPS) is 14.1. The Bertz CT molecular complexity index is 902. The van der Waals surface area contributed by atoms with Crippen LogP contribution in [-0.4, -0.2) is 62.5 Å². The number of nitrogens with one attached hydrogen (secondary N) is 1. The van der Waals surface area contributed by atoms with Crippen LogP contribution in [0.3, 0.4) is 0 Å². The van der Waals surface area contributed by atoms with Crippen molar-refractivity contribution in [2.24, 2.45) is 0 Å². The number of benzene rings is 1. The number of aliphatic carboxylic acids is 1. The average molecular weight is 573 g/mol. The molecule has 1 aromatic heterocycles. The molecule has 2 aromatic rings. The topological polar surface area (TPSA) is 96.8 Å². The van der Waals surface area contributed by atoms with E-state index in [1.807, 2.05) is 35.4 Å². The summed E-state index contributed by atoms with van der Waals surface area (Å²) in [5, 5.41) is 33.2. The molecule has 6 heteroatoms. The lowest BCUT2D eigenvalue weighted by Gasteiger charge is -2.32. The Morgan fingerprint density at radius 3 is 1.68 bits per heavy atom. The second kappa shape index (κ2) is 21.8. The molecule has 234 valence electrons. The van der Waals surface area contributed by atoms with Crippen molar-refractivity contribution in [2.45, 2.75) is 154 Å². The average Bonchev–Trinajstić information content (AvgIpc) is 3.37. The number of H-pyrrole nitrogens is 1. The van der Waals surface area contributed by atoms with Gasteiger partial charge in [0.2, 0.25) is 0 Å². The number of carboxylic acid groups (broad SMARTS) is 1. The number of unbranched alkanes of at least 4 members (excludes halogenated alkanes) is 14. The summed E-state index contributed by atoms with van der Waals surface area (Å²) in [5.41, 5.74) is 1.94. The molecule has 0 aliphatic heterocycles. The molecule has 0 spiro atoms. The van der Waals surface area contributed by atoms with E-state index in [1.54, 1.807) is 0 Å². The van der Waals surface area contributed by atoms with E-state index in [0.29, 0.717) is 19.3 Å². The number of fused-ring (bicyclic) bond motifs is 1. The first-order chi connectivity index (χ1) is 20.0. The largest absolute Gasteiger partial charge is 0.480 e. The van der Waals surface area contributed by atoms with E-state index in [2.05, 4.69) is 18.8 Å². The van der Waals surface area contributed by atoms with Gasteiger partial charge in [0, 0.05) is 36.6 Å². The van der Waals surface area contributed by atoms with E-state index >= 15 is 0 Å². The van der Waals surface area contributed by atoms with Crippen LogP contribution in [0.1, 0.15) is 135 Å². The van der Waals surface area contributed by atoms with Crippen molar-refractivity contribution in [3.05, 3.63) is 36.0 Å². The van der Waals surface area contributed by atoms with Crippen LogP contribution in [-0.2, 0) is 11.2 Å². The molecule has 41 heavy (non-hydrogen) atoms. The van der Waals surface area contributed by atoms with Gasteiger partial charge in [0.25, 0.3) is 0 Å². The summed E-state index contributed by atoms with van der Waals surface area (Å²) in [4.78, 5) is 17.6. The number of aliphatic hydroxyl groups excluding tert-OH is 2. The number of para-hydroxylation sites is 1. The van der Waals surface area contributed by atoms with Crippen LogP contribution < -0.4 is 0 Å². The van der Waals surface area contributed by atoms with Crippen molar-refractivity contribution >= 4 is 16.9 Å². The van der Waals surface area contributed by atoms with E-state index in [4.69, 9.17) is 0 Å². The third kappa shape index (κ3) is 14.7. The number of aromatic nitrogens is 1. The molecule has 0 bridgehead atoms. The molecule has 3 atom stereocenters. The third-order valence-corrected chi connectivity index (χ3v) is 8.49. The summed E-state index contributed by atoms with van der Waals surface area (Å²) < 4.78 is 0. The molecule has 4 N–H and O–H groups in total. The lowest BCUT2D eigenvalue weighted by Crippen LogP contribution is -2.49. The minimum atomic E-state index is -0.908. The van der Waals surface area contributed by atoms with E-state index < -0.39 is 24.2 Å². The molecule has 3 unspecified atom stereocenters. The zero-order chi connectivity index (χ0) is 29.7. The maximum Gasteiger partial charge on any atom is 0.321 e. The Morgan fingerprint density at radius 2 is 1.20 bits per heavy atom. The molecular weight excluding hydrogens is 512 g/mol. The van der Waals surface area contributed by atoms with Crippen LogP contribution in [0.15, 0.2) is 30.5 Å². The van der Waals surface area contributed by atoms with E-state index in [9.17, 15) is 20.1 Å². The van der Waals surface area contributed by atoms with Crippen molar-refractivity contribution in [1.82, 2.24) is 9.88 Å². The molecule has 0 saturated carbocycles. The fraction of sp³-hybridized carbons (Fsp3) is 0.743. The number of hydrogen-bond donors (Lipinski definition) is 4. The van der Waals surface area contributed by atoms with Gasteiger partial charge in [0.05, 0.1) is 12.2 Å². The SMILES string of the molecule is CCCCCCCCCCC(O)CN(CC(O)CCCCCCCCCC)C(Cc1c[nH]c2ccccc12)C(=O)O. The van der Waals surface area contributed by atoms with Crippen LogP contribution in [0.25, 0.3) is 10.9 Å². The Hall–Kier alpha value is -1.89. The lowest BCUT2D eigenvalue weighted by atomic mass is 10.0. The van der Waals surface area contributed by atoms with Crippen LogP contribution in [0.5, 0.6) is 0 Å². The highest BCUT2D eigenvalue weighted by atomic mass is 16.4. The van der Waals surface area contributed by atoms with Gasteiger partial charge in [-0.25, -0.2) is 0 Å². The standard InChI is InChI=1S/C35H60N2O4/c1-3-5-7-9-11-13-15-17-21-30(38)27-37(28-31(39)22-18-16-14-12-10-8-6-4-2)34(35(40)41)25-29-26-36-33-24-20-19-23-32(29)33/h19-20,23-24,26,30-31,34,36,38-39H,3-18,21-22,25,27-28H2,1-2H3,(H,40,41). The first-order valence-corrected chi connectivity index (χ1v) is 16.8. The zero-order valence-corrected chi connectivity index (χ0v) is 26.2. The van der Waals surface area contributed by atoms with Gasteiger partial charge >= 0.3 is 5.97 Å². The molecule has 0 amide bonds. The lowest BCUT2D eigenvalue weighted by molar-refractivity contribution is -0.144. The predicted molar refractivity (Wildman–Crippen MR) is 171 cm³/mol. The minimum absolute atomic E-state index is 0.268. The van der Waals surface area contributed by atoms with E-state index in [0.717, 1.165) is 42.1 Å². The summed E-state index contributed by atoms with van der Waals surface area (Å²) in [5.74, 6) is -0.908. The highest BCUT2D eigenvalue weighted by Gasteiger charge is 2.30. The quantitative estimate of drug-likeness (QED) is 0.0851. The monoisotopic (exact) mass is 572 g/mol. The highest BCUT2D eigenvalue weighted by Crippen LogP contribution is 2.22. The number of nitrogens with zero attached hydrogens (tertiary/aromatic N) is 1. The van der Waals surface area contributed by atoms with E-state index in [1.165, 1.54) is 77.0 Å². The Balaban J connectivity index is 1.93. The number of aromatic amines is 1. The summed E-state index contributed by atoms with van der Waals surface area (Å²) in [6.45, 7) is 5.00. The second-order valence-corrected chi connectivity index (χ2v) is 12.2. The minimum Gasteiger partial charge on any atom is -0.480 e. The van der Waals surface area contributed by atoms with Gasteiger partial charge in [-0.2, -0.15) is 0 Å². The first-order valence-electron chi connectivity index (χ1n) is 16.8. The van der Waals surface area contributed by atoms with Crippen LogP contribution in [0.4, 0.5) is 0 Å². The number of carbonyl (C=O) groups is 1. The molecule has 0 fully saturated rings. The van der Waals surface area contributed by atoms with Gasteiger partial charge in [0.1, 0.15) is 6.04 Å². The zero-order valence-electron chi connectivity index (χ0n) is 26.2. The highest BCUT2D eigenvalue weighted by molar-refractivity contribution is 5.84. The van der Waals surface area contributed by atoms with Crippen molar-refractivity contribution < 1.29 is 20.1 Å². The van der Waals surface area contributed by atoms with E-state index in [-0.39, 0.29) is 13.1 Å². The third-order valence-electron chi connectivity index (χ3n) is 8.49. The number of aliphatic hydroxyl groups is 2. The number of hydrogen-bond acceptors (Lipinski definition) is 4.